The summed E-state index contributed by atoms with van der Waals surface area (Å²) in [7, 11) is 0. The maximum atomic E-state index is 13.0. The highest BCUT2D eigenvalue weighted by Gasteiger charge is 2.48. The number of nitrogens with one attached hydrogen (secondary N) is 1. The Hall–Kier alpha value is -2.73. The molecular formula is C19H18N3O2S+. The monoisotopic (exact) mass is 352 g/mol. The van der Waals surface area contributed by atoms with Gasteiger partial charge in [-0.05, 0) is 23.1 Å². The first-order valence-corrected chi connectivity index (χ1v) is 8.97. The van der Waals surface area contributed by atoms with Crippen molar-refractivity contribution in [2.24, 2.45) is 5.92 Å². The molecule has 1 amide bonds. The minimum Gasteiger partial charge on any atom is -0.302 e. The number of hydrogen-bond acceptors (Lipinski definition) is 4. The van der Waals surface area contributed by atoms with E-state index in [4.69, 9.17) is 0 Å². The zero-order chi connectivity index (χ0) is 17.4. The van der Waals surface area contributed by atoms with Crippen LogP contribution in [0.4, 0.5) is 5.13 Å². The molecule has 1 aliphatic rings. The zero-order valence-corrected chi connectivity index (χ0v) is 14.5. The number of amides is 1. The van der Waals surface area contributed by atoms with Crippen LogP contribution in [0, 0.1) is 5.92 Å². The van der Waals surface area contributed by atoms with Crippen LogP contribution in [0.3, 0.4) is 0 Å². The Morgan fingerprint density at radius 1 is 1.32 bits per heavy atom. The minimum atomic E-state index is -0.466. The van der Waals surface area contributed by atoms with Crippen LogP contribution >= 0.6 is 11.3 Å². The largest absolute Gasteiger partial charge is 0.302 e. The Bertz CT molecular complexity index is 909. The summed E-state index contributed by atoms with van der Waals surface area (Å²) in [4.78, 5) is 17.2. The van der Waals surface area contributed by atoms with Gasteiger partial charge in [-0.15, -0.1) is 11.3 Å². The smallest absolute Gasteiger partial charge is 0.230 e. The molecule has 1 aliphatic carbocycles. The third-order valence-electron chi connectivity index (χ3n) is 5.09. The Balaban J connectivity index is 1.78. The fourth-order valence-electron chi connectivity index (χ4n) is 3.77. The number of nitrogens with zero attached hydrogens (tertiary/aromatic N) is 2. The minimum absolute atomic E-state index is 0.0330. The first-order chi connectivity index (χ1) is 12.1. The van der Waals surface area contributed by atoms with E-state index in [1.807, 2.05) is 29.6 Å². The van der Waals surface area contributed by atoms with Crippen LogP contribution in [-0.2, 0) is 16.6 Å². The second-order valence-electron chi connectivity index (χ2n) is 6.41. The van der Waals surface area contributed by atoms with Crippen molar-refractivity contribution in [1.82, 2.24) is 4.98 Å². The second-order valence-corrected chi connectivity index (χ2v) is 7.30. The van der Waals surface area contributed by atoms with Gasteiger partial charge in [-0.2, -0.15) is 0 Å². The van der Waals surface area contributed by atoms with Crippen LogP contribution in [0.2, 0.25) is 0 Å². The Kier molecular flexibility index (Phi) is 3.77. The molecule has 2 heterocycles. The van der Waals surface area contributed by atoms with E-state index in [1.54, 1.807) is 18.6 Å². The predicted molar refractivity (Wildman–Crippen MR) is 94.7 cm³/mol. The average molecular weight is 352 g/mol. The molecule has 1 aromatic carbocycles. The maximum Gasteiger partial charge on any atom is 0.230 e. The van der Waals surface area contributed by atoms with Crippen molar-refractivity contribution in [3.05, 3.63) is 77.1 Å². The van der Waals surface area contributed by atoms with Crippen molar-refractivity contribution in [1.29, 1.82) is 0 Å². The lowest BCUT2D eigenvalue weighted by molar-refractivity contribution is -0.904. The summed E-state index contributed by atoms with van der Waals surface area (Å²) < 4.78 is 1.01. The number of rotatable bonds is 3. The molecule has 126 valence electrons. The summed E-state index contributed by atoms with van der Waals surface area (Å²) in [6.45, 7) is 2.10. The highest BCUT2D eigenvalue weighted by Crippen LogP contribution is 2.48. The molecule has 0 spiro atoms. The molecule has 0 bridgehead atoms. The molecule has 6 heteroatoms. The molecular weight excluding hydrogens is 334 g/mol. The van der Waals surface area contributed by atoms with E-state index in [-0.39, 0.29) is 11.8 Å². The molecule has 2 N–H and O–H groups in total. The molecule has 0 fully saturated rings. The lowest BCUT2D eigenvalue weighted by Crippen LogP contribution is -2.39. The van der Waals surface area contributed by atoms with Crippen molar-refractivity contribution < 1.29 is 14.7 Å². The number of aromatic nitrogens is 2. The van der Waals surface area contributed by atoms with Gasteiger partial charge in [0.2, 0.25) is 18.3 Å². The molecule has 25 heavy (non-hydrogen) atoms. The quantitative estimate of drug-likeness (QED) is 0.563. The number of thiazole rings is 1. The van der Waals surface area contributed by atoms with Crippen molar-refractivity contribution in [3.63, 3.8) is 0 Å². The molecule has 3 aromatic rings. The summed E-state index contributed by atoms with van der Waals surface area (Å²) in [5.41, 5.74) is 2.88. The number of benzene rings is 1. The number of hydrogen-bond donors (Lipinski definition) is 2. The summed E-state index contributed by atoms with van der Waals surface area (Å²) in [6, 6.07) is 11.9. The van der Waals surface area contributed by atoms with E-state index < -0.39 is 5.41 Å². The topological polar surface area (TPSA) is 66.1 Å². The van der Waals surface area contributed by atoms with Crippen molar-refractivity contribution in [3.8, 4) is 0 Å². The van der Waals surface area contributed by atoms with Gasteiger partial charge >= 0.3 is 0 Å². The number of carbonyl (C=O) groups is 1. The fraction of sp³-hybridized carbons (Fsp3) is 0.211. The predicted octanol–water partition coefficient (Wildman–Crippen LogP) is 2.78. The summed E-state index contributed by atoms with van der Waals surface area (Å²) in [5, 5.41) is 15.0. The van der Waals surface area contributed by atoms with Crippen LogP contribution in [0.25, 0.3) is 0 Å². The molecule has 0 aliphatic heterocycles. The lowest BCUT2D eigenvalue weighted by atomic mass is 9.71. The van der Waals surface area contributed by atoms with Crippen LogP contribution < -0.4 is 10.0 Å². The van der Waals surface area contributed by atoms with Gasteiger partial charge in [0.15, 0.2) is 5.13 Å². The van der Waals surface area contributed by atoms with Gasteiger partial charge in [0.25, 0.3) is 0 Å². The molecule has 2 aromatic heterocycles. The fourth-order valence-corrected chi connectivity index (χ4v) is 4.30. The molecule has 2 atom stereocenters. The van der Waals surface area contributed by atoms with Gasteiger partial charge in [-0.25, -0.2) is 4.98 Å². The number of carbonyl (C=O) groups excluding carboxylic acids is 1. The van der Waals surface area contributed by atoms with Crippen molar-refractivity contribution in [2.75, 3.05) is 5.32 Å². The highest BCUT2D eigenvalue weighted by molar-refractivity contribution is 7.13. The molecule has 5 nitrogen and oxygen atoms in total. The molecule has 4 rings (SSSR count). The lowest BCUT2D eigenvalue weighted by Gasteiger charge is -2.32. The summed E-state index contributed by atoms with van der Waals surface area (Å²) in [5.74, 6) is -0.280. The zero-order valence-electron chi connectivity index (χ0n) is 13.7. The number of anilines is 1. The van der Waals surface area contributed by atoms with Crippen molar-refractivity contribution in [2.45, 2.75) is 18.8 Å². The van der Waals surface area contributed by atoms with E-state index in [1.165, 1.54) is 16.9 Å². The Labute approximate surface area is 149 Å². The summed E-state index contributed by atoms with van der Waals surface area (Å²) in [6.07, 6.45) is 5.55. The third-order valence-corrected chi connectivity index (χ3v) is 5.78. The van der Waals surface area contributed by atoms with Gasteiger partial charge in [-0.1, -0.05) is 31.2 Å². The van der Waals surface area contributed by atoms with Crippen LogP contribution in [0.15, 0.2) is 60.4 Å². The van der Waals surface area contributed by atoms with E-state index in [0.29, 0.717) is 11.6 Å². The first kappa shape index (κ1) is 15.8. The Morgan fingerprint density at radius 2 is 2.08 bits per heavy atom. The number of fused-ring (bicyclic) bond motifs is 1. The van der Waals surface area contributed by atoms with Gasteiger partial charge in [0.05, 0.1) is 5.92 Å². The maximum absolute atomic E-state index is 13.0. The average Bonchev–Trinajstić information content (AvgIpc) is 3.23. The van der Waals surface area contributed by atoms with Crippen LogP contribution in [0.5, 0.6) is 0 Å². The first-order valence-electron chi connectivity index (χ1n) is 8.09. The van der Waals surface area contributed by atoms with Gasteiger partial charge in [-0.3, -0.25) is 10.0 Å². The Morgan fingerprint density at radius 3 is 2.80 bits per heavy atom. The molecule has 0 radical (unpaired) electrons. The van der Waals surface area contributed by atoms with Gasteiger partial charge < -0.3 is 5.32 Å². The SMILES string of the molecule is C[C@]1(c2cc[n+](O)cc2)c2ccccc2C[C@@H]1C(=O)Nc1nccs1. The molecule has 0 saturated carbocycles. The molecule has 0 saturated heterocycles. The third kappa shape index (κ3) is 2.59. The van der Waals surface area contributed by atoms with Crippen LogP contribution in [-0.4, -0.2) is 16.1 Å². The van der Waals surface area contributed by atoms with E-state index >= 15 is 0 Å². The summed E-state index contributed by atoms with van der Waals surface area (Å²) >= 11 is 1.41. The normalized spacial score (nSPS) is 21.7. The second kappa shape index (κ2) is 5.97. The number of pyridine rings is 1. The highest BCUT2D eigenvalue weighted by atomic mass is 32.1. The van der Waals surface area contributed by atoms with Gasteiger partial charge in [0.1, 0.15) is 0 Å². The van der Waals surface area contributed by atoms with Crippen LogP contribution in [0.1, 0.15) is 23.6 Å². The van der Waals surface area contributed by atoms with E-state index in [0.717, 1.165) is 15.9 Å². The standard InChI is InChI=1S/C19H17N3O2S/c1-19(14-6-9-22(24)10-7-14)15-5-3-2-4-13(15)12-16(19)17(23)21-18-20-8-11-25-18/h2-11,16H,12H2,1H3,(H-,20,21,23,24)/p+1/t16-,19+/m1/s1. The van der Waals surface area contributed by atoms with E-state index in [2.05, 4.69) is 29.4 Å². The van der Waals surface area contributed by atoms with Crippen molar-refractivity contribution >= 4 is 22.4 Å². The van der Waals surface area contributed by atoms with E-state index in [9.17, 15) is 10.0 Å². The van der Waals surface area contributed by atoms with Gasteiger partial charge in [0, 0.05) is 33.9 Å². The molecule has 0 unspecified atom stereocenters.